The van der Waals surface area contributed by atoms with E-state index in [1.807, 2.05) is 12.1 Å². The lowest BCUT2D eigenvalue weighted by Crippen LogP contribution is -2.05. The maximum absolute atomic E-state index is 5.82. The molecule has 1 saturated carbocycles. The molecular weight excluding hydrogens is 198 g/mol. The molecule has 3 N–H and O–H groups in total. The van der Waals surface area contributed by atoms with Crippen molar-refractivity contribution in [3.8, 4) is 0 Å². The van der Waals surface area contributed by atoms with Gasteiger partial charge in [0.2, 0.25) is 0 Å². The van der Waals surface area contributed by atoms with Crippen LogP contribution in [0.2, 0.25) is 0 Å². The molecule has 16 heavy (non-hydrogen) atoms. The highest BCUT2D eigenvalue weighted by Gasteiger charge is 2.58. The van der Waals surface area contributed by atoms with Crippen molar-refractivity contribution in [3.63, 3.8) is 0 Å². The van der Waals surface area contributed by atoms with Gasteiger partial charge in [-0.3, -0.25) is 5.10 Å². The number of aromatic nitrogens is 2. The summed E-state index contributed by atoms with van der Waals surface area (Å²) in [6.07, 6.45) is 0. The number of rotatable bonds is 2. The summed E-state index contributed by atoms with van der Waals surface area (Å²) < 4.78 is 0. The summed E-state index contributed by atoms with van der Waals surface area (Å²) >= 11 is 0. The Morgan fingerprint density at radius 2 is 2.12 bits per heavy atom. The fourth-order valence-corrected chi connectivity index (χ4v) is 2.97. The molecule has 0 unspecified atom stereocenters. The van der Waals surface area contributed by atoms with Gasteiger partial charge in [0.25, 0.3) is 0 Å². The number of hydrogen-bond donors (Lipinski definition) is 2. The number of aromatic amines is 1. The number of nitrogens with two attached hydrogens (primary N) is 1. The third-order valence-corrected chi connectivity index (χ3v) is 4.11. The number of para-hydroxylation sites is 1. The molecule has 0 bridgehead atoms. The molecule has 1 aliphatic carbocycles. The third kappa shape index (κ3) is 1.15. The monoisotopic (exact) mass is 215 g/mol. The van der Waals surface area contributed by atoms with E-state index in [2.05, 4.69) is 36.2 Å². The van der Waals surface area contributed by atoms with E-state index in [9.17, 15) is 0 Å². The van der Waals surface area contributed by atoms with E-state index >= 15 is 0 Å². The predicted molar refractivity (Wildman–Crippen MR) is 65.2 cm³/mol. The van der Waals surface area contributed by atoms with Crippen LogP contribution in [0.15, 0.2) is 24.3 Å². The molecule has 0 spiro atoms. The summed E-state index contributed by atoms with van der Waals surface area (Å²) in [5, 5.41) is 8.79. The number of nitrogens with one attached hydrogen (secondary N) is 1. The molecule has 0 aliphatic heterocycles. The second-order valence-electron chi connectivity index (χ2n) is 5.30. The molecule has 0 amide bonds. The minimum absolute atomic E-state index is 0.310. The van der Waals surface area contributed by atoms with Crippen LogP contribution in [0.25, 0.3) is 10.9 Å². The molecule has 1 aromatic carbocycles. The molecule has 1 heterocycles. The Bertz CT molecular complexity index is 527. The van der Waals surface area contributed by atoms with E-state index in [0.717, 1.165) is 12.1 Å². The summed E-state index contributed by atoms with van der Waals surface area (Å²) in [4.78, 5) is 0. The molecule has 2 aromatic rings. The average molecular weight is 215 g/mol. The van der Waals surface area contributed by atoms with Gasteiger partial charge in [0, 0.05) is 17.0 Å². The zero-order valence-electron chi connectivity index (χ0n) is 9.70. The summed E-state index contributed by atoms with van der Waals surface area (Å²) in [5.74, 6) is 1.11. The molecule has 3 nitrogen and oxygen atoms in total. The van der Waals surface area contributed by atoms with Gasteiger partial charge in [-0.1, -0.05) is 32.0 Å². The Hall–Kier alpha value is -1.35. The van der Waals surface area contributed by atoms with Crippen LogP contribution < -0.4 is 5.73 Å². The molecule has 84 valence electrons. The van der Waals surface area contributed by atoms with Crippen LogP contribution in [0.1, 0.15) is 25.5 Å². The lowest BCUT2D eigenvalue weighted by Gasteiger charge is -2.00. The van der Waals surface area contributed by atoms with E-state index in [1.165, 1.54) is 11.1 Å². The molecule has 2 atom stereocenters. The second-order valence-corrected chi connectivity index (χ2v) is 5.30. The van der Waals surface area contributed by atoms with E-state index in [4.69, 9.17) is 5.73 Å². The van der Waals surface area contributed by atoms with Crippen molar-refractivity contribution in [1.29, 1.82) is 0 Å². The summed E-state index contributed by atoms with van der Waals surface area (Å²) in [5.41, 5.74) is 8.44. The normalized spacial score (nSPS) is 27.2. The minimum Gasteiger partial charge on any atom is -0.330 e. The number of hydrogen-bond acceptors (Lipinski definition) is 2. The topological polar surface area (TPSA) is 54.7 Å². The van der Waals surface area contributed by atoms with Gasteiger partial charge in [-0.2, -0.15) is 5.10 Å². The molecule has 3 heteroatoms. The first kappa shape index (κ1) is 9.85. The van der Waals surface area contributed by atoms with Crippen molar-refractivity contribution in [1.82, 2.24) is 10.2 Å². The van der Waals surface area contributed by atoms with Crippen LogP contribution in [0.5, 0.6) is 0 Å². The maximum Gasteiger partial charge on any atom is 0.0923 e. The Kier molecular flexibility index (Phi) is 1.89. The van der Waals surface area contributed by atoms with E-state index in [1.54, 1.807) is 0 Å². The largest absolute Gasteiger partial charge is 0.330 e. The van der Waals surface area contributed by atoms with Gasteiger partial charge < -0.3 is 5.73 Å². The third-order valence-electron chi connectivity index (χ3n) is 4.11. The smallest absolute Gasteiger partial charge is 0.0923 e. The lowest BCUT2D eigenvalue weighted by molar-refractivity contribution is 0.557. The van der Waals surface area contributed by atoms with Crippen molar-refractivity contribution in [2.75, 3.05) is 6.54 Å². The average Bonchev–Trinajstić information content (AvgIpc) is 2.66. The first-order chi connectivity index (χ1) is 7.66. The zero-order valence-corrected chi connectivity index (χ0v) is 9.70. The van der Waals surface area contributed by atoms with Crippen LogP contribution in [0.3, 0.4) is 0 Å². The Labute approximate surface area is 95.0 Å². The standard InChI is InChI=1S/C13H17N3/c1-13(2)9(7-14)11(13)12-8-5-3-4-6-10(8)15-16-12/h3-6,9,11H,7,14H2,1-2H3,(H,15,16)/t9-,11+/m1/s1. The Morgan fingerprint density at radius 3 is 2.81 bits per heavy atom. The number of H-pyrrole nitrogens is 1. The molecule has 1 aliphatic rings. The van der Waals surface area contributed by atoms with Crippen molar-refractivity contribution >= 4 is 10.9 Å². The molecule has 0 radical (unpaired) electrons. The fraction of sp³-hybridized carbons (Fsp3) is 0.462. The fourth-order valence-electron chi connectivity index (χ4n) is 2.97. The number of fused-ring (bicyclic) bond motifs is 1. The number of nitrogens with zero attached hydrogens (tertiary/aromatic N) is 1. The van der Waals surface area contributed by atoms with Gasteiger partial charge >= 0.3 is 0 Å². The number of benzene rings is 1. The highest BCUT2D eigenvalue weighted by molar-refractivity contribution is 5.82. The first-order valence-corrected chi connectivity index (χ1v) is 5.79. The van der Waals surface area contributed by atoms with E-state index < -0.39 is 0 Å². The van der Waals surface area contributed by atoms with E-state index in [-0.39, 0.29) is 0 Å². The van der Waals surface area contributed by atoms with Crippen LogP contribution in [0.4, 0.5) is 0 Å². The van der Waals surface area contributed by atoms with Crippen molar-refractivity contribution in [3.05, 3.63) is 30.0 Å². The quantitative estimate of drug-likeness (QED) is 0.807. The van der Waals surface area contributed by atoms with Crippen LogP contribution >= 0.6 is 0 Å². The molecular formula is C13H17N3. The molecule has 0 saturated heterocycles. The SMILES string of the molecule is CC1(C)[C@H](CN)[C@H]1c1[nH]nc2ccccc12. The van der Waals surface area contributed by atoms with Crippen LogP contribution in [-0.2, 0) is 0 Å². The highest BCUT2D eigenvalue weighted by Crippen LogP contribution is 2.64. The minimum atomic E-state index is 0.310. The Balaban J connectivity index is 2.08. The molecule has 1 fully saturated rings. The van der Waals surface area contributed by atoms with Gasteiger partial charge in [0.1, 0.15) is 0 Å². The van der Waals surface area contributed by atoms with Crippen molar-refractivity contribution in [2.45, 2.75) is 19.8 Å². The first-order valence-electron chi connectivity index (χ1n) is 5.79. The molecule has 3 rings (SSSR count). The summed E-state index contributed by atoms with van der Waals surface area (Å²) in [6.45, 7) is 5.32. The highest BCUT2D eigenvalue weighted by atomic mass is 15.1. The van der Waals surface area contributed by atoms with Crippen molar-refractivity contribution in [2.24, 2.45) is 17.1 Å². The van der Waals surface area contributed by atoms with Crippen molar-refractivity contribution < 1.29 is 0 Å². The lowest BCUT2D eigenvalue weighted by atomic mass is 10.1. The van der Waals surface area contributed by atoms with Crippen LogP contribution in [-0.4, -0.2) is 16.7 Å². The van der Waals surface area contributed by atoms with Gasteiger partial charge in [-0.05, 0) is 23.9 Å². The maximum atomic E-state index is 5.82. The van der Waals surface area contributed by atoms with Gasteiger partial charge in [0.05, 0.1) is 5.52 Å². The van der Waals surface area contributed by atoms with Gasteiger partial charge in [-0.25, -0.2) is 0 Å². The van der Waals surface area contributed by atoms with Gasteiger partial charge in [0.15, 0.2) is 0 Å². The summed E-state index contributed by atoms with van der Waals surface area (Å²) in [6, 6.07) is 8.26. The molecule has 1 aromatic heterocycles. The second kappa shape index (κ2) is 3.08. The predicted octanol–water partition coefficient (Wildman–Crippen LogP) is 2.26. The van der Waals surface area contributed by atoms with Gasteiger partial charge in [-0.15, -0.1) is 0 Å². The van der Waals surface area contributed by atoms with Crippen LogP contribution in [0, 0.1) is 11.3 Å². The Morgan fingerprint density at radius 1 is 1.38 bits per heavy atom. The van der Waals surface area contributed by atoms with E-state index in [0.29, 0.717) is 17.3 Å². The summed E-state index contributed by atoms with van der Waals surface area (Å²) in [7, 11) is 0. The zero-order chi connectivity index (χ0) is 11.3.